The fourth-order valence-corrected chi connectivity index (χ4v) is 13.1. The molecule has 1 radical (unpaired) electrons. The molecule has 1 spiro atoms. The Morgan fingerprint density at radius 2 is 1.22 bits per heavy atom. The minimum absolute atomic E-state index is 0. The molecule has 0 aliphatic heterocycles. The summed E-state index contributed by atoms with van der Waals surface area (Å²) in [6.07, 6.45) is 10.9. The van der Waals surface area contributed by atoms with E-state index in [-0.39, 0.29) is 36.8 Å². The molecule has 3 unspecified atom stereocenters. The van der Waals surface area contributed by atoms with Crippen molar-refractivity contribution < 1.29 is 42.0 Å². The zero-order valence-electron chi connectivity index (χ0n) is 26.5. The van der Waals surface area contributed by atoms with Crippen LogP contribution in [-0.2, 0) is 19.5 Å². The van der Waals surface area contributed by atoms with Crippen molar-refractivity contribution in [2.24, 2.45) is 17.3 Å². The summed E-state index contributed by atoms with van der Waals surface area (Å²) >= 11 is 1.80. The van der Waals surface area contributed by atoms with Crippen molar-refractivity contribution in [2.75, 3.05) is 0 Å². The molecule has 3 aliphatic rings. The van der Waals surface area contributed by atoms with E-state index in [0.717, 1.165) is 11.8 Å². The molecule has 1 nitrogen and oxygen atoms in total. The SMILES string of the molecule is C1=CC23C=CC2CC13.CC.CC(C)(C)[PH+](O)c1sc2ccccc2c1[PH+](c1ccccc1)c1ccccc1.FB(F)F.[CH3-].[F-].[Rh+2]. The van der Waals surface area contributed by atoms with E-state index in [0.29, 0.717) is 5.41 Å². The summed E-state index contributed by atoms with van der Waals surface area (Å²) in [5.41, 5.74) is 0.639. The topological polar surface area (TPSA) is 20.2 Å². The van der Waals surface area contributed by atoms with Crippen LogP contribution in [0.3, 0.4) is 0 Å². The van der Waals surface area contributed by atoms with Crippen molar-refractivity contribution >= 4 is 65.6 Å². The van der Waals surface area contributed by atoms with Crippen LogP contribution in [0.5, 0.6) is 0 Å². The number of hydrogen-bond acceptors (Lipinski definition) is 2. The zero-order chi connectivity index (χ0) is 30.5. The summed E-state index contributed by atoms with van der Waals surface area (Å²) in [5, 5.41) is 5.32. The van der Waals surface area contributed by atoms with E-state index in [9.17, 15) is 17.8 Å². The molecule has 0 bridgehead atoms. The van der Waals surface area contributed by atoms with Gasteiger partial charge >= 0.3 is 27.0 Å². The Labute approximate surface area is 286 Å². The first-order valence-electron chi connectivity index (χ1n) is 14.5. The van der Waals surface area contributed by atoms with Crippen LogP contribution in [0.2, 0.25) is 0 Å². The normalized spacial score (nSPS) is 20.0. The summed E-state index contributed by atoms with van der Waals surface area (Å²) in [7, 11) is -6.57. The van der Waals surface area contributed by atoms with Gasteiger partial charge in [0.05, 0.1) is 0 Å². The molecule has 3 aliphatic carbocycles. The maximum atomic E-state index is 11.4. The number of allylic oxidation sites excluding steroid dienone is 4. The molecule has 7 rings (SSSR count). The first-order chi connectivity index (χ1) is 20.1. The Balaban J connectivity index is 0.000000493. The van der Waals surface area contributed by atoms with Crippen molar-refractivity contribution in [1.82, 2.24) is 0 Å². The minimum atomic E-state index is -3.67. The Morgan fingerprint density at radius 1 is 0.800 bits per heavy atom. The molecule has 1 saturated carbocycles. The molecule has 1 aromatic heterocycles. The summed E-state index contributed by atoms with van der Waals surface area (Å²) in [5.74, 6) is 1.91. The number of benzene rings is 3. The average molecular weight is 763 g/mol. The number of thiophene rings is 1. The molecule has 0 amide bonds. The van der Waals surface area contributed by atoms with Gasteiger partial charge in [-0.05, 0) is 75.4 Å². The predicted octanol–water partition coefficient (Wildman–Crippen LogP) is 6.04. The molecule has 0 saturated heterocycles. The van der Waals surface area contributed by atoms with Gasteiger partial charge in [-0.1, -0.05) is 98.0 Å². The molecular weight excluding hydrogens is 720 g/mol. The fourth-order valence-electron chi connectivity index (χ4n) is 5.63. The second kappa shape index (κ2) is 18.0. The van der Waals surface area contributed by atoms with Gasteiger partial charge in [0.25, 0.3) is 0 Å². The number of fused-ring (bicyclic) bond motifs is 1. The second-order valence-electron chi connectivity index (χ2n) is 11.4. The predicted molar refractivity (Wildman–Crippen MR) is 191 cm³/mol. The molecular formula is C35H43BF4OP2RhS+2. The third-order valence-corrected chi connectivity index (χ3v) is 15.2. The molecule has 10 heteroatoms. The van der Waals surface area contributed by atoms with Gasteiger partial charge in [-0.3, -0.25) is 12.9 Å². The number of rotatable bonds is 4. The van der Waals surface area contributed by atoms with Gasteiger partial charge in [-0.25, -0.2) is 4.89 Å². The van der Waals surface area contributed by atoms with Crippen LogP contribution in [0.4, 0.5) is 12.9 Å². The van der Waals surface area contributed by atoms with Crippen LogP contribution in [-0.4, -0.2) is 17.6 Å². The number of hydrogen-bond donors (Lipinski definition) is 1. The van der Waals surface area contributed by atoms with Crippen molar-refractivity contribution in [2.45, 2.75) is 46.2 Å². The van der Waals surface area contributed by atoms with Crippen molar-refractivity contribution in [1.29, 1.82) is 0 Å². The van der Waals surface area contributed by atoms with E-state index in [1.807, 2.05) is 13.8 Å². The average Bonchev–Trinajstić information content (AvgIpc) is 3.33. The molecule has 45 heavy (non-hydrogen) atoms. The molecule has 1 N–H and O–H groups in total. The van der Waals surface area contributed by atoms with Crippen LogP contribution in [0.25, 0.3) is 10.1 Å². The molecule has 1 heterocycles. The summed E-state index contributed by atoms with van der Waals surface area (Å²) in [4.78, 5) is 11.4. The number of halogens is 4. The van der Waals surface area contributed by atoms with Crippen LogP contribution < -0.4 is 25.2 Å². The Hall–Kier alpha value is -1.67. The van der Waals surface area contributed by atoms with E-state index in [2.05, 4.69) is 130 Å². The van der Waals surface area contributed by atoms with Gasteiger partial charge in [0, 0.05) is 15.5 Å². The first kappa shape index (κ1) is 41.4. The quantitative estimate of drug-likeness (QED) is 0.0885. The van der Waals surface area contributed by atoms with Gasteiger partial charge < -0.3 is 12.1 Å². The van der Waals surface area contributed by atoms with Gasteiger partial charge in [-0.2, -0.15) is 0 Å². The Bertz CT molecular complexity index is 1450. The van der Waals surface area contributed by atoms with E-state index in [1.54, 1.807) is 11.3 Å². The largest absolute Gasteiger partial charge is 2.00 e. The third-order valence-electron chi connectivity index (χ3n) is 7.92. The summed E-state index contributed by atoms with van der Waals surface area (Å²) < 4.78 is 31.5. The van der Waals surface area contributed by atoms with E-state index < -0.39 is 23.6 Å². The van der Waals surface area contributed by atoms with E-state index in [1.165, 1.54) is 37.0 Å². The molecule has 3 atom stereocenters. The minimum Gasteiger partial charge on any atom is -1.00 e. The van der Waals surface area contributed by atoms with Gasteiger partial charge in [0.1, 0.15) is 23.7 Å². The summed E-state index contributed by atoms with van der Waals surface area (Å²) in [6, 6.07) is 30.3. The maximum Gasteiger partial charge on any atom is 2.00 e. The smallest absolute Gasteiger partial charge is 1.00 e. The Morgan fingerprint density at radius 3 is 1.56 bits per heavy atom. The molecule has 3 aromatic carbocycles. The van der Waals surface area contributed by atoms with E-state index >= 15 is 0 Å². The van der Waals surface area contributed by atoms with Gasteiger partial charge in [0.15, 0.2) is 13.5 Å². The maximum absolute atomic E-state index is 11.4. The van der Waals surface area contributed by atoms with Crippen molar-refractivity contribution in [3.8, 4) is 0 Å². The van der Waals surface area contributed by atoms with Crippen molar-refractivity contribution in [3.63, 3.8) is 0 Å². The molecule has 1 fully saturated rings. The van der Waals surface area contributed by atoms with Crippen molar-refractivity contribution in [3.05, 3.63) is 117 Å². The van der Waals surface area contributed by atoms with Crippen LogP contribution in [0, 0.1) is 24.7 Å². The fraction of sp³-hybridized carbons (Fsp3) is 0.286. The van der Waals surface area contributed by atoms with Crippen LogP contribution >= 0.6 is 27.4 Å². The third kappa shape index (κ3) is 9.03. The zero-order valence-corrected chi connectivity index (χ0v) is 31.0. The monoisotopic (exact) mass is 763 g/mol. The van der Waals surface area contributed by atoms with Crippen LogP contribution in [0.1, 0.15) is 41.0 Å². The van der Waals surface area contributed by atoms with E-state index in [4.69, 9.17) is 0 Å². The summed E-state index contributed by atoms with van der Waals surface area (Å²) in [6.45, 7) is 10.5. The van der Waals surface area contributed by atoms with Crippen LogP contribution in [0.15, 0.2) is 109 Å². The van der Waals surface area contributed by atoms with Gasteiger partial charge in [0.2, 0.25) is 4.62 Å². The molecule has 243 valence electrons. The first-order valence-corrected chi connectivity index (χ1v) is 18.3. The Kier molecular flexibility index (Phi) is 16.6. The molecule has 4 aromatic rings. The van der Waals surface area contributed by atoms with Gasteiger partial charge in [-0.15, -0.1) is 0 Å². The standard InChI is InChI=1S/C24H24OP2S.C8H8.C2H6.CH3.BF3.FH.Rh/c1-24(2,3)27(25)23-22(20-16-10-11-17-21(20)28-23)26(18-12-6-4-7-13-18)19-14-8-5-9-15-19;1-3-8-4-2-7(8)5-6(1)8;1-2;;2-1(3)4;;/h4-17,25H,1-3H3;1-4,6-7H,5H2;1-2H3;1H3;;1H;/q;;;-1;;;+2/p+1. The second-order valence-corrected chi connectivity index (χ2v) is 17.9.